The van der Waals surface area contributed by atoms with E-state index in [-0.39, 0.29) is 11.6 Å². The van der Waals surface area contributed by atoms with Crippen LogP contribution in [0.1, 0.15) is 37.0 Å². The molecular weight excluding hydrogens is 534 g/mol. The van der Waals surface area contributed by atoms with Crippen LogP contribution in [0.2, 0.25) is 5.02 Å². The van der Waals surface area contributed by atoms with Gasteiger partial charge in [-0.1, -0.05) is 23.7 Å². The molecular formula is C25H30ClF4N3O3S. The van der Waals surface area contributed by atoms with E-state index in [0.29, 0.717) is 55.3 Å². The highest BCUT2D eigenvalue weighted by Gasteiger charge is 2.37. The average Bonchev–Trinajstić information content (AvgIpc) is 2.80. The molecule has 0 aliphatic carbocycles. The molecule has 1 fully saturated rings. The third kappa shape index (κ3) is 7.22. The molecule has 12 heteroatoms. The highest BCUT2D eigenvalue weighted by molar-refractivity contribution is 7.88. The minimum atomic E-state index is -4.64. The van der Waals surface area contributed by atoms with Crippen molar-refractivity contribution in [2.75, 3.05) is 32.4 Å². The summed E-state index contributed by atoms with van der Waals surface area (Å²) in [4.78, 5) is 15.5. The van der Waals surface area contributed by atoms with Crippen LogP contribution in [0.3, 0.4) is 0 Å². The number of nitrogens with one attached hydrogen (secondary N) is 1. The van der Waals surface area contributed by atoms with Crippen molar-refractivity contribution in [3.63, 3.8) is 0 Å². The van der Waals surface area contributed by atoms with Crippen LogP contribution in [0.5, 0.6) is 0 Å². The van der Waals surface area contributed by atoms with Crippen LogP contribution in [0.15, 0.2) is 42.5 Å². The molecule has 0 aromatic heterocycles. The number of alkyl halides is 3. The molecule has 1 heterocycles. The highest BCUT2D eigenvalue weighted by atomic mass is 35.5. The second-order valence-electron chi connectivity index (χ2n) is 9.60. The molecule has 2 unspecified atom stereocenters. The van der Waals surface area contributed by atoms with E-state index >= 15 is 0 Å². The lowest BCUT2D eigenvalue weighted by molar-refractivity contribution is -0.137. The Kier molecular flexibility index (Phi) is 8.94. The summed E-state index contributed by atoms with van der Waals surface area (Å²) in [6, 6.07) is 8.54. The van der Waals surface area contributed by atoms with Crippen molar-refractivity contribution in [3.8, 4) is 0 Å². The zero-order valence-corrected chi connectivity index (χ0v) is 22.4. The number of carbonyl (C=O) groups is 1. The topological polar surface area (TPSA) is 69.7 Å². The summed E-state index contributed by atoms with van der Waals surface area (Å²) in [5, 5.41) is 3.09. The quantitative estimate of drug-likeness (QED) is 0.483. The second kappa shape index (κ2) is 11.3. The average molecular weight is 564 g/mol. The summed E-state index contributed by atoms with van der Waals surface area (Å²) in [6.45, 7) is 4.89. The number of benzene rings is 2. The van der Waals surface area contributed by atoms with Gasteiger partial charge in [0.15, 0.2) is 0 Å². The van der Waals surface area contributed by atoms with Crippen LogP contribution in [0, 0.1) is 5.82 Å². The fraction of sp³-hybridized carbons (Fsp3) is 0.480. The van der Waals surface area contributed by atoms with Gasteiger partial charge in [-0.05, 0) is 62.7 Å². The Morgan fingerprint density at radius 2 is 1.73 bits per heavy atom. The molecule has 1 amide bonds. The van der Waals surface area contributed by atoms with Crippen molar-refractivity contribution in [1.29, 1.82) is 0 Å². The van der Waals surface area contributed by atoms with Gasteiger partial charge in [0.2, 0.25) is 15.9 Å². The molecule has 2 aromatic rings. The zero-order valence-electron chi connectivity index (χ0n) is 20.8. The molecule has 0 spiro atoms. The van der Waals surface area contributed by atoms with Gasteiger partial charge in [0.1, 0.15) is 5.82 Å². The van der Waals surface area contributed by atoms with Gasteiger partial charge in [0.05, 0.1) is 17.2 Å². The zero-order chi connectivity index (χ0) is 27.6. The summed E-state index contributed by atoms with van der Waals surface area (Å²) < 4.78 is 78.8. The maximum absolute atomic E-state index is 14.2. The third-order valence-electron chi connectivity index (χ3n) is 6.80. The van der Waals surface area contributed by atoms with Crippen LogP contribution in [-0.2, 0) is 33.0 Å². The number of sulfonamides is 1. The standard InChI is InChI=1S/C25H30ClF4N3O3S/c1-17-16-32(12-13-33(17)37(3,35)36)11-10-24(2,19-4-7-21(26)8-5-19)23(34)31-15-18-14-20(25(28,29)30)6-9-22(18)27/h4-9,14,17H,10-13,15-16H2,1-3H3,(H,31,34). The maximum atomic E-state index is 14.2. The van der Waals surface area contributed by atoms with Gasteiger partial charge in [0, 0.05) is 42.8 Å². The number of rotatable bonds is 8. The van der Waals surface area contributed by atoms with Crippen LogP contribution >= 0.6 is 11.6 Å². The van der Waals surface area contributed by atoms with E-state index in [9.17, 15) is 30.8 Å². The molecule has 6 nitrogen and oxygen atoms in total. The molecule has 1 saturated heterocycles. The Balaban J connectivity index is 1.77. The van der Waals surface area contributed by atoms with E-state index in [4.69, 9.17) is 11.6 Å². The third-order valence-corrected chi connectivity index (χ3v) is 8.45. The lowest BCUT2D eigenvalue weighted by atomic mass is 9.78. The fourth-order valence-electron chi connectivity index (χ4n) is 4.56. The molecule has 3 rings (SSSR count). The molecule has 0 bridgehead atoms. The van der Waals surface area contributed by atoms with Gasteiger partial charge in [-0.3, -0.25) is 4.79 Å². The van der Waals surface area contributed by atoms with Crippen molar-refractivity contribution in [2.45, 2.75) is 44.4 Å². The molecule has 1 aliphatic rings. The number of halogens is 5. The number of hydrogen-bond donors (Lipinski definition) is 1. The van der Waals surface area contributed by atoms with Gasteiger partial charge >= 0.3 is 6.18 Å². The Labute approximate surface area is 219 Å². The first-order valence-corrected chi connectivity index (χ1v) is 13.9. The lowest BCUT2D eigenvalue weighted by Gasteiger charge is -2.40. The number of piperazine rings is 1. The van der Waals surface area contributed by atoms with Crippen molar-refractivity contribution >= 4 is 27.5 Å². The smallest absolute Gasteiger partial charge is 0.351 e. The Morgan fingerprint density at radius 3 is 2.30 bits per heavy atom. The Bertz CT molecular complexity index is 1220. The molecule has 0 saturated carbocycles. The lowest BCUT2D eigenvalue weighted by Crippen LogP contribution is -2.54. The molecule has 1 N–H and O–H groups in total. The number of carbonyl (C=O) groups excluding carboxylic acids is 1. The van der Waals surface area contributed by atoms with Gasteiger partial charge < -0.3 is 10.2 Å². The van der Waals surface area contributed by atoms with Crippen molar-refractivity contribution < 1.29 is 30.8 Å². The normalized spacial score (nSPS) is 19.4. The van der Waals surface area contributed by atoms with Crippen LogP contribution < -0.4 is 5.32 Å². The largest absolute Gasteiger partial charge is 0.416 e. The van der Waals surface area contributed by atoms with Gasteiger partial charge in [-0.25, -0.2) is 12.8 Å². The molecule has 2 atom stereocenters. The highest BCUT2D eigenvalue weighted by Crippen LogP contribution is 2.32. The van der Waals surface area contributed by atoms with Gasteiger partial charge in [0.25, 0.3) is 0 Å². The summed E-state index contributed by atoms with van der Waals surface area (Å²) in [5.74, 6) is -1.33. The van der Waals surface area contributed by atoms with Crippen LogP contribution in [-0.4, -0.2) is 62.0 Å². The van der Waals surface area contributed by atoms with Gasteiger partial charge in [-0.2, -0.15) is 17.5 Å². The van der Waals surface area contributed by atoms with Crippen LogP contribution in [0.25, 0.3) is 0 Å². The number of hydrogen-bond acceptors (Lipinski definition) is 4. The molecule has 2 aromatic carbocycles. The van der Waals surface area contributed by atoms with Crippen LogP contribution in [0.4, 0.5) is 17.6 Å². The SMILES string of the molecule is CC1CN(CCC(C)(C(=O)NCc2cc(C(F)(F)F)ccc2F)c2ccc(Cl)cc2)CCN1S(C)(=O)=O. The summed E-state index contributed by atoms with van der Waals surface area (Å²) in [7, 11) is -3.32. The van der Waals surface area contributed by atoms with Crippen molar-refractivity contribution in [2.24, 2.45) is 0 Å². The first kappa shape index (κ1) is 29.3. The van der Waals surface area contributed by atoms with E-state index in [2.05, 4.69) is 10.2 Å². The molecule has 37 heavy (non-hydrogen) atoms. The number of nitrogens with zero attached hydrogens (tertiary/aromatic N) is 2. The number of amides is 1. The predicted molar refractivity (Wildman–Crippen MR) is 134 cm³/mol. The first-order chi connectivity index (χ1) is 17.1. The predicted octanol–water partition coefficient (Wildman–Crippen LogP) is 4.43. The summed E-state index contributed by atoms with van der Waals surface area (Å²) in [6.07, 6.45) is -3.13. The Morgan fingerprint density at radius 1 is 1.11 bits per heavy atom. The van der Waals surface area contributed by atoms with Gasteiger partial charge in [-0.15, -0.1) is 0 Å². The fourth-order valence-corrected chi connectivity index (χ4v) is 5.82. The minimum absolute atomic E-state index is 0.233. The van der Waals surface area contributed by atoms with E-state index in [1.54, 1.807) is 31.2 Å². The van der Waals surface area contributed by atoms with E-state index in [0.717, 1.165) is 6.07 Å². The van der Waals surface area contributed by atoms with E-state index in [1.165, 1.54) is 10.6 Å². The van der Waals surface area contributed by atoms with E-state index in [1.807, 2.05) is 6.92 Å². The summed E-state index contributed by atoms with van der Waals surface area (Å²) in [5.41, 5.74) is -1.74. The van der Waals surface area contributed by atoms with Crippen molar-refractivity contribution in [3.05, 3.63) is 70.0 Å². The maximum Gasteiger partial charge on any atom is 0.416 e. The monoisotopic (exact) mass is 563 g/mol. The minimum Gasteiger partial charge on any atom is -0.351 e. The molecule has 0 radical (unpaired) electrons. The first-order valence-electron chi connectivity index (χ1n) is 11.7. The van der Waals surface area contributed by atoms with Crippen molar-refractivity contribution in [1.82, 2.24) is 14.5 Å². The Hall–Kier alpha value is -2.21. The molecule has 204 valence electrons. The van der Waals surface area contributed by atoms with E-state index < -0.39 is 45.4 Å². The second-order valence-corrected chi connectivity index (χ2v) is 12.0. The summed E-state index contributed by atoms with van der Waals surface area (Å²) >= 11 is 6.02. The molecule has 1 aliphatic heterocycles.